The highest BCUT2D eigenvalue weighted by Crippen LogP contribution is 2.37. The Morgan fingerprint density at radius 1 is 1.10 bits per heavy atom. The quantitative estimate of drug-likeness (QED) is 0.799. The van der Waals surface area contributed by atoms with E-state index in [2.05, 4.69) is 0 Å². The van der Waals surface area contributed by atoms with E-state index < -0.39 is 11.9 Å². The number of aliphatic carboxylic acids is 1. The fourth-order valence-corrected chi connectivity index (χ4v) is 4.32. The molecule has 20 heavy (non-hydrogen) atoms. The van der Waals surface area contributed by atoms with Crippen LogP contribution in [0.2, 0.25) is 0 Å². The topological polar surface area (TPSA) is 60.9 Å². The maximum Gasteiger partial charge on any atom is 0.320 e. The molecule has 1 N–H and O–H groups in total. The Hall–Kier alpha value is -1.26. The summed E-state index contributed by atoms with van der Waals surface area (Å²) in [7, 11) is 0. The van der Waals surface area contributed by atoms with Crippen LogP contribution < -0.4 is 0 Å². The molecule has 0 spiro atoms. The standard InChI is InChI=1S/C15H24N2O3/c1-10-8-16(9-12(10)14(18)19)15(20)17-7-3-5-11-4-2-6-13(11)17/h10-13H,2-9H2,1H3,(H,18,19). The third kappa shape index (κ3) is 2.27. The van der Waals surface area contributed by atoms with Gasteiger partial charge in [-0.2, -0.15) is 0 Å². The predicted molar refractivity (Wildman–Crippen MR) is 74.3 cm³/mol. The molecule has 1 aliphatic carbocycles. The van der Waals surface area contributed by atoms with Crippen LogP contribution in [0.5, 0.6) is 0 Å². The minimum atomic E-state index is -0.773. The van der Waals surface area contributed by atoms with E-state index in [9.17, 15) is 14.7 Å². The molecule has 2 aliphatic heterocycles. The average Bonchev–Trinajstić information content (AvgIpc) is 3.03. The highest BCUT2D eigenvalue weighted by Gasteiger charge is 2.42. The first kappa shape index (κ1) is 13.7. The molecule has 3 fully saturated rings. The first-order chi connectivity index (χ1) is 9.58. The summed E-state index contributed by atoms with van der Waals surface area (Å²) in [6.45, 7) is 3.75. The minimum Gasteiger partial charge on any atom is -0.481 e. The van der Waals surface area contributed by atoms with Gasteiger partial charge in [0.15, 0.2) is 0 Å². The van der Waals surface area contributed by atoms with Crippen molar-refractivity contribution in [3.05, 3.63) is 0 Å². The second kappa shape index (κ2) is 5.26. The Morgan fingerprint density at radius 2 is 1.85 bits per heavy atom. The average molecular weight is 280 g/mol. The summed E-state index contributed by atoms with van der Waals surface area (Å²) >= 11 is 0. The number of hydrogen-bond acceptors (Lipinski definition) is 2. The maximum atomic E-state index is 12.7. The summed E-state index contributed by atoms with van der Waals surface area (Å²) in [5.41, 5.74) is 0. The molecule has 4 unspecified atom stereocenters. The number of amides is 2. The normalized spacial score (nSPS) is 37.0. The number of nitrogens with zero attached hydrogens (tertiary/aromatic N) is 2. The van der Waals surface area contributed by atoms with Crippen molar-refractivity contribution in [2.75, 3.05) is 19.6 Å². The highest BCUT2D eigenvalue weighted by atomic mass is 16.4. The van der Waals surface area contributed by atoms with Crippen LogP contribution in [0, 0.1) is 17.8 Å². The summed E-state index contributed by atoms with van der Waals surface area (Å²) in [6.07, 6.45) is 5.96. The fourth-order valence-electron chi connectivity index (χ4n) is 4.32. The molecule has 0 aromatic rings. The van der Waals surface area contributed by atoms with Gasteiger partial charge in [0.05, 0.1) is 5.92 Å². The van der Waals surface area contributed by atoms with Crippen molar-refractivity contribution >= 4 is 12.0 Å². The first-order valence-corrected chi connectivity index (χ1v) is 7.86. The molecule has 2 amide bonds. The van der Waals surface area contributed by atoms with Crippen molar-refractivity contribution in [2.45, 2.75) is 45.1 Å². The number of carboxylic acids is 1. The Morgan fingerprint density at radius 3 is 2.55 bits per heavy atom. The number of carbonyl (C=O) groups excluding carboxylic acids is 1. The Balaban J connectivity index is 1.68. The molecule has 0 bridgehead atoms. The summed E-state index contributed by atoms with van der Waals surface area (Å²) in [4.78, 5) is 27.7. The number of urea groups is 1. The van der Waals surface area contributed by atoms with Gasteiger partial charge in [0.2, 0.25) is 0 Å². The van der Waals surface area contributed by atoms with Gasteiger partial charge in [0.1, 0.15) is 0 Å². The fraction of sp³-hybridized carbons (Fsp3) is 0.867. The molecule has 3 rings (SSSR count). The van der Waals surface area contributed by atoms with Crippen LogP contribution in [0.15, 0.2) is 0 Å². The van der Waals surface area contributed by atoms with Crippen molar-refractivity contribution in [2.24, 2.45) is 17.8 Å². The van der Waals surface area contributed by atoms with Crippen LogP contribution in [-0.2, 0) is 4.79 Å². The third-order valence-corrected chi connectivity index (χ3v) is 5.44. The Labute approximate surface area is 119 Å². The summed E-state index contributed by atoms with van der Waals surface area (Å²) in [5, 5.41) is 9.19. The number of rotatable bonds is 1. The molecule has 0 aromatic heterocycles. The lowest BCUT2D eigenvalue weighted by atomic mass is 9.92. The summed E-state index contributed by atoms with van der Waals surface area (Å²) < 4.78 is 0. The molecule has 5 heteroatoms. The smallest absolute Gasteiger partial charge is 0.320 e. The lowest BCUT2D eigenvalue weighted by Gasteiger charge is -2.39. The van der Waals surface area contributed by atoms with E-state index >= 15 is 0 Å². The Kier molecular flexibility index (Phi) is 3.61. The molecular weight excluding hydrogens is 256 g/mol. The van der Waals surface area contributed by atoms with Crippen LogP contribution in [0.4, 0.5) is 4.79 Å². The highest BCUT2D eigenvalue weighted by molar-refractivity contribution is 5.78. The lowest BCUT2D eigenvalue weighted by molar-refractivity contribution is -0.142. The molecule has 0 radical (unpaired) electrons. The van der Waals surface area contributed by atoms with Crippen LogP contribution in [0.3, 0.4) is 0 Å². The largest absolute Gasteiger partial charge is 0.481 e. The number of carbonyl (C=O) groups is 2. The number of carboxylic acid groups (broad SMARTS) is 1. The van der Waals surface area contributed by atoms with Crippen LogP contribution in [0.1, 0.15) is 39.0 Å². The van der Waals surface area contributed by atoms with Gasteiger partial charge >= 0.3 is 12.0 Å². The summed E-state index contributed by atoms with van der Waals surface area (Å²) in [6, 6.07) is 0.493. The van der Waals surface area contributed by atoms with E-state index in [0.29, 0.717) is 25.0 Å². The first-order valence-electron chi connectivity index (χ1n) is 7.86. The van der Waals surface area contributed by atoms with Crippen molar-refractivity contribution < 1.29 is 14.7 Å². The van der Waals surface area contributed by atoms with Gasteiger partial charge < -0.3 is 14.9 Å². The van der Waals surface area contributed by atoms with Gasteiger partial charge in [-0.1, -0.05) is 13.3 Å². The van der Waals surface area contributed by atoms with Crippen LogP contribution >= 0.6 is 0 Å². The molecule has 5 nitrogen and oxygen atoms in total. The molecule has 4 atom stereocenters. The minimum absolute atomic E-state index is 0.0561. The van der Waals surface area contributed by atoms with Gasteiger partial charge in [0.25, 0.3) is 0 Å². The van der Waals surface area contributed by atoms with E-state index in [0.717, 1.165) is 19.4 Å². The van der Waals surface area contributed by atoms with Crippen LogP contribution in [-0.4, -0.2) is 52.6 Å². The van der Waals surface area contributed by atoms with Crippen molar-refractivity contribution in [3.8, 4) is 0 Å². The SMILES string of the molecule is CC1CN(C(=O)N2CCCC3CCCC32)CC1C(=O)O. The van der Waals surface area contributed by atoms with E-state index in [-0.39, 0.29) is 11.9 Å². The van der Waals surface area contributed by atoms with E-state index in [1.165, 1.54) is 19.3 Å². The zero-order valence-electron chi connectivity index (χ0n) is 12.1. The van der Waals surface area contributed by atoms with Gasteiger partial charge in [-0.15, -0.1) is 0 Å². The molecular formula is C15H24N2O3. The van der Waals surface area contributed by atoms with Gasteiger partial charge in [-0.3, -0.25) is 4.79 Å². The number of piperidine rings is 1. The number of hydrogen-bond donors (Lipinski definition) is 1. The van der Waals surface area contributed by atoms with E-state index in [1.54, 1.807) is 4.90 Å². The zero-order valence-corrected chi connectivity index (χ0v) is 12.1. The molecule has 2 heterocycles. The monoisotopic (exact) mass is 280 g/mol. The number of likely N-dealkylation sites (tertiary alicyclic amines) is 2. The summed E-state index contributed by atoms with van der Waals surface area (Å²) in [5.74, 6) is -0.433. The lowest BCUT2D eigenvalue weighted by Crippen LogP contribution is -2.51. The second-order valence-corrected chi connectivity index (χ2v) is 6.70. The second-order valence-electron chi connectivity index (χ2n) is 6.70. The van der Waals surface area contributed by atoms with Gasteiger partial charge in [-0.05, 0) is 37.5 Å². The van der Waals surface area contributed by atoms with Crippen molar-refractivity contribution in [1.82, 2.24) is 9.80 Å². The molecule has 3 aliphatic rings. The van der Waals surface area contributed by atoms with E-state index in [4.69, 9.17) is 0 Å². The maximum absolute atomic E-state index is 12.7. The van der Waals surface area contributed by atoms with Crippen molar-refractivity contribution in [1.29, 1.82) is 0 Å². The molecule has 1 saturated carbocycles. The molecule has 0 aromatic carbocycles. The van der Waals surface area contributed by atoms with Crippen molar-refractivity contribution in [3.63, 3.8) is 0 Å². The number of fused-ring (bicyclic) bond motifs is 1. The van der Waals surface area contributed by atoms with Gasteiger partial charge in [0, 0.05) is 25.7 Å². The zero-order chi connectivity index (χ0) is 14.3. The molecule has 2 saturated heterocycles. The van der Waals surface area contributed by atoms with Crippen LogP contribution in [0.25, 0.3) is 0 Å². The molecule has 112 valence electrons. The Bertz CT molecular complexity index is 412. The third-order valence-electron chi connectivity index (χ3n) is 5.44. The van der Waals surface area contributed by atoms with Gasteiger partial charge in [-0.25, -0.2) is 4.79 Å². The predicted octanol–water partition coefficient (Wildman–Crippen LogP) is 2.02. The van der Waals surface area contributed by atoms with E-state index in [1.807, 2.05) is 11.8 Å².